The van der Waals surface area contributed by atoms with Crippen molar-refractivity contribution in [1.82, 2.24) is 4.90 Å². The van der Waals surface area contributed by atoms with Crippen molar-refractivity contribution in [1.29, 1.82) is 0 Å². The smallest absolute Gasteiger partial charge is 0.410 e. The normalized spacial score (nSPS) is 50.9. The minimum absolute atomic E-state index is 0.0445. The van der Waals surface area contributed by atoms with Crippen LogP contribution in [-0.4, -0.2) is 76.4 Å². The van der Waals surface area contributed by atoms with E-state index in [0.29, 0.717) is 18.3 Å². The molecule has 2 heterocycles. The van der Waals surface area contributed by atoms with Gasteiger partial charge in [0.05, 0.1) is 23.9 Å². The first-order valence-corrected chi connectivity index (χ1v) is 17.6. The summed E-state index contributed by atoms with van der Waals surface area (Å²) in [4.78, 5) is 26.7. The fourth-order valence-corrected chi connectivity index (χ4v) is 13.3. The van der Waals surface area contributed by atoms with Crippen molar-refractivity contribution >= 4 is 12.1 Å². The second kappa shape index (κ2) is 9.59. The first-order valence-electron chi connectivity index (χ1n) is 17.6. The van der Waals surface area contributed by atoms with Gasteiger partial charge in [-0.2, -0.15) is 0 Å². The molecule has 8 heteroatoms. The van der Waals surface area contributed by atoms with Crippen LogP contribution in [0.4, 0.5) is 4.79 Å². The Balaban J connectivity index is 1.16. The standard InChI is InChI=1S/C36H57NO7/c1-20-18-22(29(32(5,6)41)42-21(2)38)43-27-26(20)33(7)14-15-36-19-35(36)13-12-25(44-30(40)37-16-9-17-37)31(3,4)23(35)10-11-24(36)34(33,8)28(27)39/h20,22-29,39,41H,9-19H2,1-8H3/t20-,22?,23+,24?,25?,26+,27?,28+,29?,33?,34-,35?,36?/m1/s1. The van der Waals surface area contributed by atoms with E-state index in [1.165, 1.54) is 19.8 Å². The highest BCUT2D eigenvalue weighted by atomic mass is 16.6. The fourth-order valence-electron chi connectivity index (χ4n) is 13.3. The molecule has 0 radical (unpaired) electrons. The number of likely N-dealkylation sites (tertiary alicyclic amines) is 1. The number of amides is 1. The highest BCUT2D eigenvalue weighted by Gasteiger charge is 2.84. The summed E-state index contributed by atoms with van der Waals surface area (Å²) >= 11 is 0. The third-order valence-electron chi connectivity index (χ3n) is 15.4. The van der Waals surface area contributed by atoms with Crippen LogP contribution in [0.5, 0.6) is 0 Å². The number of rotatable bonds is 4. The van der Waals surface area contributed by atoms with Gasteiger partial charge in [0.25, 0.3) is 0 Å². The Kier molecular flexibility index (Phi) is 6.81. The number of hydrogen-bond acceptors (Lipinski definition) is 7. The van der Waals surface area contributed by atoms with E-state index in [1.54, 1.807) is 13.8 Å². The van der Waals surface area contributed by atoms with Crippen LogP contribution in [-0.2, 0) is 19.0 Å². The van der Waals surface area contributed by atoms with Gasteiger partial charge in [-0.05, 0) is 112 Å². The average molecular weight is 616 g/mol. The minimum atomic E-state index is -1.26. The second-order valence-electron chi connectivity index (χ2n) is 18.0. The summed E-state index contributed by atoms with van der Waals surface area (Å²) in [7, 11) is 0. The molecule has 1 amide bonds. The van der Waals surface area contributed by atoms with E-state index >= 15 is 0 Å². The zero-order valence-corrected chi connectivity index (χ0v) is 28.4. The molecule has 2 saturated heterocycles. The quantitative estimate of drug-likeness (QED) is 0.390. The molecule has 5 saturated carbocycles. The van der Waals surface area contributed by atoms with Crippen LogP contribution in [0.3, 0.4) is 0 Å². The summed E-state index contributed by atoms with van der Waals surface area (Å²) in [5.74, 6) is 0.958. The number of hydrogen-bond donors (Lipinski definition) is 2. The van der Waals surface area contributed by atoms with Crippen molar-refractivity contribution < 1.29 is 34.0 Å². The van der Waals surface area contributed by atoms with E-state index in [-0.39, 0.29) is 57.2 Å². The van der Waals surface area contributed by atoms with Crippen molar-refractivity contribution in [2.75, 3.05) is 13.1 Å². The maximum absolute atomic E-state index is 12.8. The van der Waals surface area contributed by atoms with Gasteiger partial charge >= 0.3 is 12.1 Å². The third-order valence-corrected chi connectivity index (χ3v) is 15.4. The molecule has 248 valence electrons. The molecule has 44 heavy (non-hydrogen) atoms. The Labute approximate surface area is 263 Å². The summed E-state index contributed by atoms with van der Waals surface area (Å²) in [5.41, 5.74) is -1.23. The minimum Gasteiger partial charge on any atom is -0.457 e. The topological polar surface area (TPSA) is 106 Å². The number of aliphatic hydroxyl groups is 2. The van der Waals surface area contributed by atoms with E-state index in [0.717, 1.165) is 51.6 Å². The van der Waals surface area contributed by atoms with Gasteiger partial charge in [0.1, 0.15) is 6.10 Å². The van der Waals surface area contributed by atoms with Crippen LogP contribution in [0.2, 0.25) is 0 Å². The summed E-state index contributed by atoms with van der Waals surface area (Å²) < 4.78 is 18.7. The molecule has 8 nitrogen and oxygen atoms in total. The summed E-state index contributed by atoms with van der Waals surface area (Å²) in [6.07, 6.45) is 7.08. The number of ether oxygens (including phenoxy) is 3. The molecule has 5 aliphatic carbocycles. The number of aliphatic hydroxyl groups excluding tert-OH is 1. The summed E-state index contributed by atoms with van der Waals surface area (Å²) in [5, 5.41) is 23.5. The van der Waals surface area contributed by atoms with Crippen molar-refractivity contribution in [3.05, 3.63) is 0 Å². The number of carbonyl (C=O) groups is 2. The Morgan fingerprint density at radius 2 is 1.66 bits per heavy atom. The van der Waals surface area contributed by atoms with Gasteiger partial charge in [-0.15, -0.1) is 0 Å². The van der Waals surface area contributed by atoms with Gasteiger partial charge in [-0.1, -0.05) is 34.6 Å². The van der Waals surface area contributed by atoms with E-state index in [9.17, 15) is 19.8 Å². The van der Waals surface area contributed by atoms with Crippen LogP contribution in [0.15, 0.2) is 0 Å². The van der Waals surface area contributed by atoms with Gasteiger partial charge in [0.15, 0.2) is 6.10 Å². The maximum atomic E-state index is 12.8. The van der Waals surface area contributed by atoms with Crippen molar-refractivity contribution in [2.45, 2.75) is 149 Å². The molecule has 0 aromatic rings. The van der Waals surface area contributed by atoms with Crippen LogP contribution in [0.25, 0.3) is 0 Å². The molecular formula is C36H57NO7. The van der Waals surface area contributed by atoms with Gasteiger partial charge in [-0.3, -0.25) is 4.79 Å². The fraction of sp³-hybridized carbons (Fsp3) is 0.944. The lowest BCUT2D eigenvalue weighted by Crippen LogP contribution is -2.60. The van der Waals surface area contributed by atoms with Crippen molar-refractivity contribution in [3.63, 3.8) is 0 Å². The zero-order valence-electron chi connectivity index (χ0n) is 28.4. The maximum Gasteiger partial charge on any atom is 0.410 e. The molecule has 8 unspecified atom stereocenters. The van der Waals surface area contributed by atoms with Crippen LogP contribution >= 0.6 is 0 Å². The third kappa shape index (κ3) is 3.85. The Morgan fingerprint density at radius 1 is 1.00 bits per heavy atom. The zero-order chi connectivity index (χ0) is 31.8. The van der Waals surface area contributed by atoms with Crippen LogP contribution in [0, 0.1) is 50.7 Å². The van der Waals surface area contributed by atoms with Crippen LogP contribution in [0.1, 0.15) is 113 Å². The molecule has 2 aliphatic heterocycles. The largest absolute Gasteiger partial charge is 0.457 e. The van der Waals surface area contributed by atoms with E-state index in [1.807, 2.05) is 4.90 Å². The summed E-state index contributed by atoms with van der Waals surface area (Å²) in [6, 6.07) is 0. The lowest BCUT2D eigenvalue weighted by Gasteiger charge is -2.63. The molecule has 7 aliphatic rings. The number of fused-ring (bicyclic) bond motifs is 4. The number of nitrogens with zero attached hydrogens (tertiary/aromatic N) is 1. The van der Waals surface area contributed by atoms with Crippen molar-refractivity contribution in [3.8, 4) is 0 Å². The Bertz CT molecular complexity index is 1210. The lowest BCUT2D eigenvalue weighted by molar-refractivity contribution is -0.216. The average Bonchev–Trinajstić information content (AvgIpc) is 3.52. The van der Waals surface area contributed by atoms with E-state index in [2.05, 4.69) is 34.6 Å². The molecular weight excluding hydrogens is 558 g/mol. The van der Waals surface area contributed by atoms with E-state index in [4.69, 9.17) is 14.2 Å². The number of carbonyl (C=O) groups excluding carboxylic acids is 2. The first kappa shape index (κ1) is 31.2. The van der Waals surface area contributed by atoms with Gasteiger partial charge in [0, 0.05) is 30.8 Å². The van der Waals surface area contributed by atoms with Gasteiger partial charge < -0.3 is 29.3 Å². The Hall–Kier alpha value is -1.38. The first-order chi connectivity index (χ1) is 20.4. The molecule has 7 fully saturated rings. The molecule has 0 aromatic heterocycles. The SMILES string of the molecule is CC(=O)OC(C1C[C@@H](C)[C@H]2C(O1)[C@H](O)[C@@]1(C)C3CC[C@H]4C(C)(C)C(OC(=O)N5CCC5)CCC45CC35CCC21C)C(C)(C)O. The van der Waals surface area contributed by atoms with E-state index < -0.39 is 29.9 Å². The number of esters is 1. The molecule has 13 atom stereocenters. The lowest BCUT2D eigenvalue weighted by atomic mass is 9.41. The molecule has 7 rings (SSSR count). The predicted molar refractivity (Wildman–Crippen MR) is 164 cm³/mol. The monoisotopic (exact) mass is 615 g/mol. The molecule has 0 bridgehead atoms. The highest BCUT2D eigenvalue weighted by Crippen LogP contribution is 2.89. The molecule has 0 aromatic carbocycles. The van der Waals surface area contributed by atoms with Gasteiger partial charge in [-0.25, -0.2) is 4.79 Å². The highest BCUT2D eigenvalue weighted by molar-refractivity contribution is 5.68. The van der Waals surface area contributed by atoms with Crippen LogP contribution < -0.4 is 0 Å². The predicted octanol–water partition coefficient (Wildman–Crippen LogP) is 5.71. The molecule has 2 N–H and O–H groups in total. The second-order valence-corrected chi connectivity index (χ2v) is 18.0. The molecule has 2 spiro atoms. The van der Waals surface area contributed by atoms with Crippen molar-refractivity contribution in [2.24, 2.45) is 50.7 Å². The summed E-state index contributed by atoms with van der Waals surface area (Å²) in [6.45, 7) is 18.1. The Morgan fingerprint density at radius 3 is 2.27 bits per heavy atom. The van der Waals surface area contributed by atoms with Gasteiger partial charge in [0.2, 0.25) is 0 Å².